The number of ether oxygens (including phenoxy) is 1. The van der Waals surface area contributed by atoms with Gasteiger partial charge >= 0.3 is 0 Å². The molecule has 1 aromatic carbocycles. The molecule has 0 fully saturated rings. The van der Waals surface area contributed by atoms with Gasteiger partial charge in [0.05, 0.1) is 12.8 Å². The summed E-state index contributed by atoms with van der Waals surface area (Å²) in [6.07, 6.45) is 5.24. The summed E-state index contributed by atoms with van der Waals surface area (Å²) in [7, 11) is 0. The maximum absolute atomic E-state index is 5.58. The zero-order chi connectivity index (χ0) is 11.6. The van der Waals surface area contributed by atoms with Crippen LogP contribution in [0, 0.1) is 0 Å². The topological polar surface area (TPSA) is 47.6 Å². The first kappa shape index (κ1) is 12.7. The van der Waals surface area contributed by atoms with Crippen molar-refractivity contribution in [1.82, 2.24) is 0 Å². The molecule has 3 nitrogen and oxygen atoms in total. The van der Waals surface area contributed by atoms with E-state index in [0.29, 0.717) is 6.61 Å². The Labute approximate surface area is 97.3 Å². The molecule has 1 rings (SSSR count). The average Bonchev–Trinajstić information content (AvgIpc) is 2.30. The Morgan fingerprint density at radius 2 is 2.25 bits per heavy atom. The minimum Gasteiger partial charge on any atom is -0.377 e. The molecule has 88 valence electrons. The summed E-state index contributed by atoms with van der Waals surface area (Å²) in [5.41, 5.74) is 2.17. The largest absolute Gasteiger partial charge is 0.377 e. The second kappa shape index (κ2) is 7.88. The summed E-state index contributed by atoms with van der Waals surface area (Å²) >= 11 is 0. The van der Waals surface area contributed by atoms with E-state index in [1.165, 1.54) is 12.8 Å². The zero-order valence-electron chi connectivity index (χ0n) is 9.86. The summed E-state index contributed by atoms with van der Waals surface area (Å²) in [6.45, 7) is 3.69. The van der Waals surface area contributed by atoms with Crippen molar-refractivity contribution < 1.29 is 4.74 Å². The lowest BCUT2D eigenvalue weighted by molar-refractivity contribution is 0.117. The second-order valence-corrected chi connectivity index (χ2v) is 3.78. The highest BCUT2D eigenvalue weighted by atomic mass is 16.5. The van der Waals surface area contributed by atoms with E-state index in [1.807, 2.05) is 24.3 Å². The average molecular weight is 220 g/mol. The molecular formula is C13H20N2O. The molecule has 0 aromatic heterocycles. The number of nitrogens with two attached hydrogens (primary N) is 1. The summed E-state index contributed by atoms with van der Waals surface area (Å²) in [4.78, 5) is 0. The Morgan fingerprint density at radius 1 is 1.38 bits per heavy atom. The number of benzene rings is 1. The highest BCUT2D eigenvalue weighted by Gasteiger charge is 1.95. The predicted octanol–water partition coefficient (Wildman–Crippen LogP) is 2.69. The SMILES string of the molecule is CCCCCOCc1cccc(C=NN)c1. The van der Waals surface area contributed by atoms with E-state index in [2.05, 4.69) is 12.0 Å². The molecule has 0 aliphatic carbocycles. The quantitative estimate of drug-likeness (QED) is 0.332. The molecule has 0 saturated heterocycles. The van der Waals surface area contributed by atoms with E-state index >= 15 is 0 Å². The van der Waals surface area contributed by atoms with Gasteiger partial charge in [-0.05, 0) is 23.6 Å². The van der Waals surface area contributed by atoms with Gasteiger partial charge in [-0.3, -0.25) is 0 Å². The van der Waals surface area contributed by atoms with Gasteiger partial charge < -0.3 is 10.6 Å². The van der Waals surface area contributed by atoms with Crippen LogP contribution < -0.4 is 5.84 Å². The summed E-state index contributed by atoms with van der Waals surface area (Å²) in [5, 5.41) is 3.50. The maximum Gasteiger partial charge on any atom is 0.0717 e. The van der Waals surface area contributed by atoms with Crippen molar-refractivity contribution in [1.29, 1.82) is 0 Å². The van der Waals surface area contributed by atoms with Gasteiger partial charge in [-0.2, -0.15) is 5.10 Å². The molecule has 0 amide bonds. The van der Waals surface area contributed by atoms with Crippen molar-refractivity contribution in [2.45, 2.75) is 32.8 Å². The molecule has 0 saturated carbocycles. The van der Waals surface area contributed by atoms with Crippen molar-refractivity contribution >= 4 is 6.21 Å². The molecule has 0 radical (unpaired) electrons. The van der Waals surface area contributed by atoms with E-state index in [0.717, 1.165) is 24.2 Å². The first-order valence-electron chi connectivity index (χ1n) is 5.76. The van der Waals surface area contributed by atoms with E-state index in [-0.39, 0.29) is 0 Å². The minimum absolute atomic E-state index is 0.663. The van der Waals surface area contributed by atoms with Crippen LogP contribution in [0.2, 0.25) is 0 Å². The highest BCUT2D eigenvalue weighted by Crippen LogP contribution is 2.05. The van der Waals surface area contributed by atoms with Crippen LogP contribution >= 0.6 is 0 Å². The van der Waals surface area contributed by atoms with E-state index in [4.69, 9.17) is 10.6 Å². The summed E-state index contributed by atoms with van der Waals surface area (Å²) in [6, 6.07) is 8.04. The number of nitrogens with zero attached hydrogens (tertiary/aromatic N) is 1. The normalized spacial score (nSPS) is 11.1. The van der Waals surface area contributed by atoms with Crippen molar-refractivity contribution in [2.24, 2.45) is 10.9 Å². The third-order valence-corrected chi connectivity index (χ3v) is 2.34. The van der Waals surface area contributed by atoms with Gasteiger partial charge in [0.15, 0.2) is 0 Å². The molecule has 0 unspecified atom stereocenters. The molecule has 2 N–H and O–H groups in total. The van der Waals surface area contributed by atoms with E-state index < -0.39 is 0 Å². The first-order valence-corrected chi connectivity index (χ1v) is 5.76. The lowest BCUT2D eigenvalue weighted by atomic mass is 10.1. The van der Waals surface area contributed by atoms with Crippen LogP contribution in [0.1, 0.15) is 37.3 Å². The fourth-order valence-electron chi connectivity index (χ4n) is 1.49. The molecule has 0 spiro atoms. The lowest BCUT2D eigenvalue weighted by Gasteiger charge is -2.04. The Kier molecular flexibility index (Phi) is 6.26. The zero-order valence-corrected chi connectivity index (χ0v) is 9.86. The number of hydrogen-bond acceptors (Lipinski definition) is 3. The smallest absolute Gasteiger partial charge is 0.0717 e. The minimum atomic E-state index is 0.663. The van der Waals surface area contributed by atoms with Crippen LogP contribution in [0.4, 0.5) is 0 Å². The van der Waals surface area contributed by atoms with E-state index in [9.17, 15) is 0 Å². The molecule has 0 aliphatic heterocycles. The molecule has 0 aliphatic rings. The van der Waals surface area contributed by atoms with Gasteiger partial charge in [-0.1, -0.05) is 38.0 Å². The Bertz CT molecular complexity index is 323. The molecular weight excluding hydrogens is 200 g/mol. The standard InChI is InChI=1S/C13H20N2O/c1-2-3-4-8-16-11-13-7-5-6-12(9-13)10-15-14/h5-7,9-10H,2-4,8,11,14H2,1H3. The summed E-state index contributed by atoms with van der Waals surface area (Å²) < 4.78 is 5.58. The van der Waals surface area contributed by atoms with Crippen LogP contribution in [0.15, 0.2) is 29.4 Å². The number of rotatable bonds is 7. The van der Waals surface area contributed by atoms with Crippen molar-refractivity contribution in [2.75, 3.05) is 6.61 Å². The monoisotopic (exact) mass is 220 g/mol. The van der Waals surface area contributed by atoms with Crippen molar-refractivity contribution in [3.8, 4) is 0 Å². The molecule has 16 heavy (non-hydrogen) atoms. The predicted molar refractivity (Wildman–Crippen MR) is 67.4 cm³/mol. The molecule has 0 atom stereocenters. The van der Waals surface area contributed by atoms with Gasteiger partial charge in [-0.25, -0.2) is 0 Å². The second-order valence-electron chi connectivity index (χ2n) is 3.78. The third kappa shape index (κ3) is 4.94. The first-order chi connectivity index (χ1) is 7.86. The van der Waals surface area contributed by atoms with Crippen LogP contribution in [0.5, 0.6) is 0 Å². The molecule has 1 aromatic rings. The van der Waals surface area contributed by atoms with Crippen LogP contribution in [0.3, 0.4) is 0 Å². The van der Waals surface area contributed by atoms with E-state index in [1.54, 1.807) is 6.21 Å². The van der Waals surface area contributed by atoms with Crippen LogP contribution in [0.25, 0.3) is 0 Å². The third-order valence-electron chi connectivity index (χ3n) is 2.34. The molecule has 0 bridgehead atoms. The highest BCUT2D eigenvalue weighted by molar-refractivity contribution is 5.79. The lowest BCUT2D eigenvalue weighted by Crippen LogP contribution is -1.96. The Hall–Kier alpha value is -1.35. The maximum atomic E-state index is 5.58. The number of hydrazone groups is 1. The Balaban J connectivity index is 2.33. The summed E-state index contributed by atoms with van der Waals surface area (Å²) in [5.74, 6) is 5.10. The number of unbranched alkanes of at least 4 members (excludes halogenated alkanes) is 2. The fraction of sp³-hybridized carbons (Fsp3) is 0.462. The number of hydrogen-bond donors (Lipinski definition) is 1. The fourth-order valence-corrected chi connectivity index (χ4v) is 1.49. The van der Waals surface area contributed by atoms with Gasteiger partial charge in [0, 0.05) is 6.61 Å². The van der Waals surface area contributed by atoms with Crippen molar-refractivity contribution in [3.05, 3.63) is 35.4 Å². The Morgan fingerprint density at radius 3 is 3.00 bits per heavy atom. The molecule has 3 heteroatoms. The van der Waals surface area contributed by atoms with Crippen molar-refractivity contribution in [3.63, 3.8) is 0 Å². The molecule has 0 heterocycles. The van der Waals surface area contributed by atoms with Gasteiger partial charge in [0.2, 0.25) is 0 Å². The van der Waals surface area contributed by atoms with Gasteiger partial charge in [-0.15, -0.1) is 0 Å². The van der Waals surface area contributed by atoms with Crippen LogP contribution in [-0.2, 0) is 11.3 Å². The van der Waals surface area contributed by atoms with Crippen LogP contribution in [-0.4, -0.2) is 12.8 Å². The van der Waals surface area contributed by atoms with Gasteiger partial charge in [0.25, 0.3) is 0 Å². The van der Waals surface area contributed by atoms with Gasteiger partial charge in [0.1, 0.15) is 0 Å².